The highest BCUT2D eigenvalue weighted by molar-refractivity contribution is 5.34. The molecule has 0 spiro atoms. The molecule has 3 heteroatoms. The summed E-state index contributed by atoms with van der Waals surface area (Å²) in [5.41, 5.74) is 0.487. The van der Waals surface area contributed by atoms with Gasteiger partial charge in [0.2, 0.25) is 0 Å². The van der Waals surface area contributed by atoms with Crippen LogP contribution in [0.25, 0.3) is 0 Å². The Morgan fingerprint density at radius 3 is 2.32 bits per heavy atom. The van der Waals surface area contributed by atoms with Crippen LogP contribution in [0.2, 0.25) is 0 Å². The van der Waals surface area contributed by atoms with Gasteiger partial charge in [-0.25, -0.2) is 0 Å². The number of unbranched alkanes of at least 4 members (excludes halogenated alkanes) is 1. The number of rotatable bonds is 7. The molecule has 1 aromatic heterocycles. The molecule has 2 aromatic rings. The van der Waals surface area contributed by atoms with Gasteiger partial charge in [0.25, 0.3) is 0 Å². The summed E-state index contributed by atoms with van der Waals surface area (Å²) in [6.07, 6.45) is 4.85. The van der Waals surface area contributed by atoms with Gasteiger partial charge in [0.05, 0.1) is 5.69 Å². The van der Waals surface area contributed by atoms with Crippen molar-refractivity contribution in [1.29, 1.82) is 0 Å². The predicted octanol–water partition coefficient (Wildman–Crippen LogP) is 3.44. The summed E-state index contributed by atoms with van der Waals surface area (Å²) in [6, 6.07) is 15.6. The van der Waals surface area contributed by atoms with Crippen LogP contribution in [-0.2, 0) is 5.60 Å². The molecule has 0 aliphatic carbocycles. The van der Waals surface area contributed by atoms with E-state index in [-0.39, 0.29) is 6.04 Å². The van der Waals surface area contributed by atoms with E-state index in [0.717, 1.165) is 24.8 Å². The van der Waals surface area contributed by atoms with Crippen LogP contribution in [0, 0.1) is 0 Å². The maximum atomic E-state index is 11.7. The molecule has 0 amide bonds. The number of aromatic nitrogens is 1. The highest BCUT2D eigenvalue weighted by atomic mass is 16.3. The minimum absolute atomic E-state index is 0.0234. The van der Waals surface area contributed by atoms with Gasteiger partial charge in [0, 0.05) is 12.2 Å². The third-order valence-electron chi connectivity index (χ3n) is 4.21. The summed E-state index contributed by atoms with van der Waals surface area (Å²) in [4.78, 5) is 6.57. The largest absolute Gasteiger partial charge is 0.377 e. The lowest BCUT2D eigenvalue weighted by Crippen LogP contribution is -2.49. The van der Waals surface area contributed by atoms with Gasteiger partial charge in [-0.05, 0) is 38.2 Å². The summed E-state index contributed by atoms with van der Waals surface area (Å²) in [5, 5.41) is 11.7. The zero-order chi connectivity index (χ0) is 16.0. The van der Waals surface area contributed by atoms with Gasteiger partial charge >= 0.3 is 0 Å². The van der Waals surface area contributed by atoms with E-state index in [1.807, 2.05) is 62.6 Å². The number of aliphatic hydroxyl groups is 1. The van der Waals surface area contributed by atoms with Crippen molar-refractivity contribution in [3.8, 4) is 0 Å². The third kappa shape index (κ3) is 3.37. The second kappa shape index (κ2) is 7.52. The van der Waals surface area contributed by atoms with Crippen molar-refractivity contribution < 1.29 is 5.11 Å². The maximum Gasteiger partial charge on any atom is 0.147 e. The van der Waals surface area contributed by atoms with Crippen LogP contribution in [0.1, 0.15) is 37.4 Å². The quantitative estimate of drug-likeness (QED) is 0.850. The van der Waals surface area contributed by atoms with Crippen molar-refractivity contribution in [3.05, 3.63) is 66.0 Å². The van der Waals surface area contributed by atoms with Gasteiger partial charge in [-0.2, -0.15) is 0 Å². The highest BCUT2D eigenvalue weighted by Gasteiger charge is 2.42. The zero-order valence-electron chi connectivity index (χ0n) is 13.7. The Bertz CT molecular complexity index is 515. The fourth-order valence-corrected chi connectivity index (χ4v) is 3.03. The number of benzene rings is 1. The predicted molar refractivity (Wildman–Crippen MR) is 90.7 cm³/mol. The van der Waals surface area contributed by atoms with Crippen molar-refractivity contribution in [3.63, 3.8) is 0 Å². The minimum atomic E-state index is -1.11. The molecule has 0 fully saturated rings. The summed E-state index contributed by atoms with van der Waals surface area (Å²) in [5.74, 6) is 0. The van der Waals surface area contributed by atoms with Crippen molar-refractivity contribution in [2.75, 3.05) is 14.1 Å². The molecule has 0 bridgehead atoms. The van der Waals surface area contributed by atoms with E-state index in [2.05, 4.69) is 16.8 Å². The highest BCUT2D eigenvalue weighted by Crippen LogP contribution is 2.36. The SMILES string of the molecule is CCCCC(N(C)C)C(O)(c1ccccc1)c1ccccn1. The van der Waals surface area contributed by atoms with E-state index < -0.39 is 5.60 Å². The topological polar surface area (TPSA) is 36.4 Å². The molecule has 1 aromatic carbocycles. The van der Waals surface area contributed by atoms with Crippen LogP contribution in [-0.4, -0.2) is 35.1 Å². The second-order valence-electron chi connectivity index (χ2n) is 5.97. The van der Waals surface area contributed by atoms with Crippen molar-refractivity contribution >= 4 is 0 Å². The summed E-state index contributed by atoms with van der Waals surface area (Å²) >= 11 is 0. The average Bonchev–Trinajstić information content (AvgIpc) is 2.56. The average molecular weight is 298 g/mol. The molecule has 3 nitrogen and oxygen atoms in total. The number of likely N-dealkylation sites (N-methyl/N-ethyl adjacent to an activating group) is 1. The summed E-state index contributed by atoms with van der Waals surface area (Å²) in [7, 11) is 4.05. The molecule has 0 saturated heterocycles. The van der Waals surface area contributed by atoms with Crippen LogP contribution in [0.4, 0.5) is 0 Å². The van der Waals surface area contributed by atoms with E-state index in [4.69, 9.17) is 0 Å². The lowest BCUT2D eigenvalue weighted by molar-refractivity contribution is -0.0113. The first kappa shape index (κ1) is 16.7. The Balaban J connectivity index is 2.54. The molecule has 2 unspecified atom stereocenters. The second-order valence-corrected chi connectivity index (χ2v) is 5.97. The first-order valence-corrected chi connectivity index (χ1v) is 7.96. The lowest BCUT2D eigenvalue weighted by atomic mass is 9.80. The minimum Gasteiger partial charge on any atom is -0.377 e. The Morgan fingerprint density at radius 1 is 1.09 bits per heavy atom. The van der Waals surface area contributed by atoms with Crippen LogP contribution >= 0.6 is 0 Å². The number of nitrogens with zero attached hydrogens (tertiary/aromatic N) is 2. The van der Waals surface area contributed by atoms with E-state index in [9.17, 15) is 5.11 Å². The van der Waals surface area contributed by atoms with E-state index in [1.54, 1.807) is 6.20 Å². The van der Waals surface area contributed by atoms with E-state index in [1.165, 1.54) is 0 Å². The van der Waals surface area contributed by atoms with Crippen molar-refractivity contribution in [2.45, 2.75) is 37.8 Å². The fraction of sp³-hybridized carbons (Fsp3) is 0.421. The fourth-order valence-electron chi connectivity index (χ4n) is 3.03. The van der Waals surface area contributed by atoms with Gasteiger partial charge in [-0.1, -0.05) is 56.2 Å². The summed E-state index contributed by atoms with van der Waals surface area (Å²) in [6.45, 7) is 2.18. The normalized spacial score (nSPS) is 15.5. The molecule has 0 aliphatic rings. The molecule has 118 valence electrons. The molecule has 0 aliphatic heterocycles. The molecule has 1 N–H and O–H groups in total. The first-order chi connectivity index (χ1) is 10.6. The zero-order valence-corrected chi connectivity index (χ0v) is 13.7. The smallest absolute Gasteiger partial charge is 0.147 e. The van der Waals surface area contributed by atoms with Crippen LogP contribution < -0.4 is 0 Å². The number of hydrogen-bond donors (Lipinski definition) is 1. The molecule has 0 saturated carbocycles. The molecular weight excluding hydrogens is 272 g/mol. The van der Waals surface area contributed by atoms with Crippen molar-refractivity contribution in [2.24, 2.45) is 0 Å². The first-order valence-electron chi connectivity index (χ1n) is 7.96. The van der Waals surface area contributed by atoms with Crippen LogP contribution in [0.5, 0.6) is 0 Å². The molecule has 1 heterocycles. The van der Waals surface area contributed by atoms with Crippen molar-refractivity contribution in [1.82, 2.24) is 9.88 Å². The maximum absolute atomic E-state index is 11.7. The number of hydrogen-bond acceptors (Lipinski definition) is 3. The van der Waals surface area contributed by atoms with Crippen LogP contribution in [0.15, 0.2) is 54.7 Å². The Labute approximate surface area is 133 Å². The van der Waals surface area contributed by atoms with Gasteiger partial charge < -0.3 is 10.0 Å². The van der Waals surface area contributed by atoms with Gasteiger partial charge in [0.15, 0.2) is 0 Å². The molecule has 2 rings (SSSR count). The molecule has 22 heavy (non-hydrogen) atoms. The van der Waals surface area contributed by atoms with Crippen LogP contribution in [0.3, 0.4) is 0 Å². The van der Waals surface area contributed by atoms with Gasteiger partial charge in [-0.15, -0.1) is 0 Å². The third-order valence-corrected chi connectivity index (χ3v) is 4.21. The molecule has 0 radical (unpaired) electrons. The van der Waals surface area contributed by atoms with Gasteiger partial charge in [0.1, 0.15) is 5.60 Å². The lowest BCUT2D eigenvalue weighted by Gasteiger charge is -2.40. The van der Waals surface area contributed by atoms with E-state index >= 15 is 0 Å². The Morgan fingerprint density at radius 2 is 1.77 bits per heavy atom. The molecular formula is C19H26N2O. The summed E-state index contributed by atoms with van der Waals surface area (Å²) < 4.78 is 0. The number of pyridine rings is 1. The Hall–Kier alpha value is -1.71. The standard InChI is InChI=1S/C19H26N2O/c1-4-5-14-18(21(2)3)19(22,16-11-7-6-8-12-16)17-13-9-10-15-20-17/h6-13,15,18,22H,4-5,14H2,1-3H3. The molecule has 2 atom stereocenters. The Kier molecular flexibility index (Phi) is 5.69. The van der Waals surface area contributed by atoms with E-state index in [0.29, 0.717) is 5.69 Å². The van der Waals surface area contributed by atoms with Gasteiger partial charge in [-0.3, -0.25) is 4.98 Å². The monoisotopic (exact) mass is 298 g/mol.